The predicted molar refractivity (Wildman–Crippen MR) is 103 cm³/mol. The van der Waals surface area contributed by atoms with Crippen LogP contribution in [0.5, 0.6) is 0 Å². The van der Waals surface area contributed by atoms with Crippen molar-refractivity contribution >= 4 is 50.3 Å². The van der Waals surface area contributed by atoms with E-state index in [0.717, 1.165) is 28.3 Å². The fraction of sp³-hybridized carbons (Fsp3) is 0.278. The highest BCUT2D eigenvalue weighted by molar-refractivity contribution is 7.20. The van der Waals surface area contributed by atoms with Gasteiger partial charge in [-0.2, -0.15) is 11.3 Å². The number of halogens is 1. The minimum atomic E-state index is 0.0124. The molecular weight excluding hydrogens is 360 g/mol. The molecule has 3 aromatic rings. The normalized spacial score (nSPS) is 14.2. The minimum absolute atomic E-state index is 0.0124. The number of nitrogens with two attached hydrogens (primary N) is 1. The fourth-order valence-electron chi connectivity index (χ4n) is 3.36. The topological polar surface area (TPSA) is 46.3 Å². The van der Waals surface area contributed by atoms with Gasteiger partial charge in [0.2, 0.25) is 5.91 Å². The molecule has 2 N–H and O–H groups in total. The van der Waals surface area contributed by atoms with Gasteiger partial charge in [-0.05, 0) is 58.5 Å². The van der Waals surface area contributed by atoms with Crippen LogP contribution in [-0.4, -0.2) is 23.9 Å². The van der Waals surface area contributed by atoms with Crippen LogP contribution in [0.25, 0.3) is 21.2 Å². The Labute approximate surface area is 153 Å². The molecule has 0 aliphatic carbocycles. The molecule has 1 aliphatic rings. The molecule has 0 atom stereocenters. The first-order chi connectivity index (χ1) is 11.6. The molecular formula is C18H17ClN2OS2. The van der Waals surface area contributed by atoms with Crippen molar-refractivity contribution in [2.75, 3.05) is 13.1 Å². The molecule has 6 heteroatoms. The molecule has 0 saturated heterocycles. The molecule has 3 heterocycles. The van der Waals surface area contributed by atoms with Gasteiger partial charge in [0, 0.05) is 16.8 Å². The average Bonchev–Trinajstić information content (AvgIpc) is 3.24. The van der Waals surface area contributed by atoms with Crippen LogP contribution in [0.1, 0.15) is 16.0 Å². The Bertz CT molecular complexity index is 931. The summed E-state index contributed by atoms with van der Waals surface area (Å²) in [6.45, 7) is 3.49. The summed E-state index contributed by atoms with van der Waals surface area (Å²) in [5.41, 5.74) is 10.5. The highest BCUT2D eigenvalue weighted by Gasteiger charge is 2.26. The van der Waals surface area contributed by atoms with E-state index in [0.29, 0.717) is 6.54 Å². The molecule has 0 bridgehead atoms. The summed E-state index contributed by atoms with van der Waals surface area (Å²) in [7, 11) is 0. The van der Waals surface area contributed by atoms with Gasteiger partial charge in [-0.15, -0.1) is 11.3 Å². The van der Waals surface area contributed by atoms with E-state index in [4.69, 9.17) is 17.3 Å². The largest absolute Gasteiger partial charge is 0.336 e. The van der Waals surface area contributed by atoms with Crippen LogP contribution in [0, 0.1) is 6.92 Å². The Morgan fingerprint density at radius 2 is 2.29 bits per heavy atom. The summed E-state index contributed by atoms with van der Waals surface area (Å²) in [5.74, 6) is 0.0124. The van der Waals surface area contributed by atoms with Gasteiger partial charge in [0.05, 0.1) is 22.8 Å². The molecule has 2 aromatic heterocycles. The van der Waals surface area contributed by atoms with Crippen molar-refractivity contribution in [2.24, 2.45) is 5.73 Å². The number of aryl methyl sites for hydroxylation is 1. The van der Waals surface area contributed by atoms with Crippen molar-refractivity contribution in [1.29, 1.82) is 0 Å². The van der Waals surface area contributed by atoms with Gasteiger partial charge in [-0.1, -0.05) is 11.6 Å². The highest BCUT2D eigenvalue weighted by atomic mass is 35.5. The maximum absolute atomic E-state index is 11.9. The van der Waals surface area contributed by atoms with E-state index in [1.165, 1.54) is 27.0 Å². The number of nitrogens with zero attached hydrogens (tertiary/aromatic N) is 1. The number of carbonyl (C=O) groups is 1. The number of amides is 1. The van der Waals surface area contributed by atoms with Crippen molar-refractivity contribution in [2.45, 2.75) is 19.9 Å². The molecule has 24 heavy (non-hydrogen) atoms. The molecule has 3 nitrogen and oxygen atoms in total. The van der Waals surface area contributed by atoms with Crippen LogP contribution in [0.15, 0.2) is 22.9 Å². The quantitative estimate of drug-likeness (QED) is 0.718. The molecule has 1 aromatic carbocycles. The van der Waals surface area contributed by atoms with E-state index in [1.807, 2.05) is 4.90 Å². The van der Waals surface area contributed by atoms with E-state index in [-0.39, 0.29) is 12.5 Å². The second-order valence-corrected chi connectivity index (χ2v) is 8.31. The Morgan fingerprint density at radius 1 is 1.46 bits per heavy atom. The summed E-state index contributed by atoms with van der Waals surface area (Å²) < 4.78 is 1.14. The highest BCUT2D eigenvalue weighted by Crippen LogP contribution is 2.45. The third-order valence-corrected chi connectivity index (χ3v) is 7.11. The van der Waals surface area contributed by atoms with Gasteiger partial charge in [-0.3, -0.25) is 4.79 Å². The maximum Gasteiger partial charge on any atom is 0.236 e. The van der Waals surface area contributed by atoms with Crippen LogP contribution < -0.4 is 5.73 Å². The van der Waals surface area contributed by atoms with Crippen molar-refractivity contribution in [1.82, 2.24) is 4.90 Å². The summed E-state index contributed by atoms with van der Waals surface area (Å²) in [6.07, 6.45) is 0.859. The Balaban J connectivity index is 1.93. The minimum Gasteiger partial charge on any atom is -0.336 e. The third kappa shape index (κ3) is 2.47. The first-order valence-electron chi connectivity index (χ1n) is 7.84. The van der Waals surface area contributed by atoms with Crippen molar-refractivity contribution in [3.8, 4) is 11.1 Å². The summed E-state index contributed by atoms with van der Waals surface area (Å²) in [6, 6.07) is 4.35. The van der Waals surface area contributed by atoms with Crippen molar-refractivity contribution < 1.29 is 4.79 Å². The second-order valence-electron chi connectivity index (χ2n) is 6.04. The van der Waals surface area contributed by atoms with Crippen LogP contribution in [0.2, 0.25) is 5.02 Å². The van der Waals surface area contributed by atoms with Gasteiger partial charge >= 0.3 is 0 Å². The smallest absolute Gasteiger partial charge is 0.236 e. The summed E-state index contributed by atoms with van der Waals surface area (Å²) in [4.78, 5) is 15.0. The van der Waals surface area contributed by atoms with Gasteiger partial charge < -0.3 is 10.6 Å². The Morgan fingerprint density at radius 3 is 3.00 bits per heavy atom. The fourth-order valence-corrected chi connectivity index (χ4v) is 5.66. The first kappa shape index (κ1) is 16.1. The predicted octanol–water partition coefficient (Wildman–Crippen LogP) is 4.44. The van der Waals surface area contributed by atoms with Gasteiger partial charge in [0.1, 0.15) is 0 Å². The Kier molecular flexibility index (Phi) is 4.12. The van der Waals surface area contributed by atoms with E-state index >= 15 is 0 Å². The second kappa shape index (κ2) is 6.15. The maximum atomic E-state index is 11.9. The molecule has 0 radical (unpaired) electrons. The summed E-state index contributed by atoms with van der Waals surface area (Å²) >= 11 is 10.0. The van der Waals surface area contributed by atoms with E-state index in [2.05, 4.69) is 29.8 Å². The van der Waals surface area contributed by atoms with Crippen molar-refractivity contribution in [3.05, 3.63) is 43.9 Å². The zero-order chi connectivity index (χ0) is 16.8. The average molecular weight is 377 g/mol. The number of hydrogen-bond donors (Lipinski definition) is 1. The SMILES string of the molecule is Cc1cc(-c2ccsc2)c2c3c(sc2c1Cl)CN(C(=O)CN)CC3. The van der Waals surface area contributed by atoms with Gasteiger partial charge in [0.15, 0.2) is 0 Å². The number of carbonyl (C=O) groups excluding carboxylic acids is 1. The lowest BCUT2D eigenvalue weighted by Gasteiger charge is -2.26. The number of fused-ring (bicyclic) bond motifs is 3. The zero-order valence-corrected chi connectivity index (χ0v) is 15.7. The number of benzene rings is 1. The van der Waals surface area contributed by atoms with Crippen LogP contribution >= 0.6 is 34.3 Å². The van der Waals surface area contributed by atoms with E-state index in [1.54, 1.807) is 22.7 Å². The lowest BCUT2D eigenvalue weighted by atomic mass is 9.95. The van der Waals surface area contributed by atoms with Gasteiger partial charge in [0.25, 0.3) is 0 Å². The standard InChI is InChI=1S/C18H17ClN2OS2/c1-10-6-13(11-3-5-23-9-11)16-12-2-4-21(15(22)7-20)8-14(12)24-18(16)17(10)19/h3,5-6,9H,2,4,7-8,20H2,1H3. The molecule has 0 unspecified atom stereocenters. The molecule has 1 amide bonds. The molecule has 0 spiro atoms. The number of rotatable bonds is 2. The molecule has 4 rings (SSSR count). The summed E-state index contributed by atoms with van der Waals surface area (Å²) in [5, 5.41) is 6.38. The monoisotopic (exact) mass is 376 g/mol. The molecule has 0 saturated carbocycles. The van der Waals surface area contributed by atoms with E-state index in [9.17, 15) is 4.79 Å². The molecule has 124 valence electrons. The number of thiophene rings is 2. The van der Waals surface area contributed by atoms with Crippen LogP contribution in [-0.2, 0) is 17.8 Å². The lowest BCUT2D eigenvalue weighted by molar-refractivity contribution is -0.130. The van der Waals surface area contributed by atoms with E-state index < -0.39 is 0 Å². The first-order valence-corrected chi connectivity index (χ1v) is 9.97. The Hall–Kier alpha value is -1.40. The van der Waals surface area contributed by atoms with Crippen LogP contribution in [0.3, 0.4) is 0 Å². The number of hydrogen-bond acceptors (Lipinski definition) is 4. The van der Waals surface area contributed by atoms with Crippen molar-refractivity contribution in [3.63, 3.8) is 0 Å². The van der Waals surface area contributed by atoms with Gasteiger partial charge in [-0.25, -0.2) is 0 Å². The lowest BCUT2D eigenvalue weighted by Crippen LogP contribution is -2.39. The zero-order valence-electron chi connectivity index (χ0n) is 13.3. The molecule has 0 fully saturated rings. The molecule has 1 aliphatic heterocycles. The third-order valence-electron chi connectivity index (χ3n) is 4.59. The van der Waals surface area contributed by atoms with Crippen LogP contribution in [0.4, 0.5) is 0 Å².